The smallest absolute Gasteiger partial charge is 0.394 e. The van der Waals surface area contributed by atoms with Crippen LogP contribution in [-0.2, 0) is 51.9 Å². The molecule has 0 spiro atoms. The van der Waals surface area contributed by atoms with Crippen LogP contribution in [0, 0.1) is 59.2 Å². The van der Waals surface area contributed by atoms with Crippen molar-refractivity contribution in [1.29, 1.82) is 0 Å². The lowest BCUT2D eigenvalue weighted by Gasteiger charge is -2.48. The van der Waals surface area contributed by atoms with Gasteiger partial charge in [-0.25, -0.2) is 9.55 Å². The summed E-state index contributed by atoms with van der Waals surface area (Å²) in [4.78, 5) is 126. The van der Waals surface area contributed by atoms with Gasteiger partial charge in [0.2, 0.25) is 41.4 Å². The van der Waals surface area contributed by atoms with Crippen LogP contribution in [0.5, 0.6) is 0 Å². The van der Waals surface area contributed by atoms with Gasteiger partial charge in [-0.1, -0.05) is 34.6 Å². The zero-order chi connectivity index (χ0) is 66.7. The molecule has 2 aromatic rings. The first-order valence-corrected chi connectivity index (χ1v) is 32.1. The Balaban J connectivity index is 1.19. The lowest BCUT2D eigenvalue weighted by atomic mass is 9.55. The Labute approximate surface area is 523 Å². The van der Waals surface area contributed by atoms with Gasteiger partial charge in [0.25, 0.3) is 0 Å². The summed E-state index contributed by atoms with van der Waals surface area (Å²) in [6, 6.07) is 2.70. The van der Waals surface area contributed by atoms with Crippen LogP contribution in [0.1, 0.15) is 150 Å². The van der Waals surface area contributed by atoms with Crippen molar-refractivity contribution in [1.82, 2.24) is 20.2 Å². The van der Waals surface area contributed by atoms with Gasteiger partial charge in [-0.15, -0.1) is 0 Å². The fourth-order valence-corrected chi connectivity index (χ4v) is 16.6. The second kappa shape index (κ2) is 25.6. The number of phosphoric acid groups is 1. The molecular formula is C62H90N13O14P. The van der Waals surface area contributed by atoms with E-state index in [1.165, 1.54) is 13.3 Å². The summed E-state index contributed by atoms with van der Waals surface area (Å²) in [6.45, 7) is 19.3. The second-order valence-electron chi connectivity index (χ2n) is 27.1. The molecule has 0 aliphatic carbocycles. The summed E-state index contributed by atoms with van der Waals surface area (Å²) in [6.07, 6.45) is -4.26. The van der Waals surface area contributed by atoms with Crippen LogP contribution in [0.4, 0.5) is 0 Å². The van der Waals surface area contributed by atoms with Gasteiger partial charge < -0.3 is 69.4 Å². The third kappa shape index (κ3) is 13.0. The average Bonchev–Trinajstić information content (AvgIpc) is 1.53. The van der Waals surface area contributed by atoms with E-state index in [1.54, 1.807) is 4.57 Å². The molecule has 492 valence electrons. The Morgan fingerprint density at radius 2 is 1.40 bits per heavy atom. The largest absolute Gasteiger partial charge is 0.472 e. The monoisotopic (exact) mass is 1270 g/mol. The number of aryl methyl sites for hydroxylation is 2. The normalized spacial score (nSPS) is 34.2. The van der Waals surface area contributed by atoms with Crippen molar-refractivity contribution in [2.75, 3.05) is 13.2 Å². The zero-order valence-corrected chi connectivity index (χ0v) is 54.1. The number of aliphatic hydroxyl groups excluding tert-OH is 2. The quantitative estimate of drug-likeness (QED) is 0.0603. The average molecular weight is 1270 g/mol. The predicted molar refractivity (Wildman–Crippen MR) is 334 cm³/mol. The number of carbonyl (C=O) groups excluding carboxylic acids is 7. The second-order valence-corrected chi connectivity index (χ2v) is 28.4. The molecule has 15 atom stereocenters. The lowest BCUT2D eigenvalue weighted by Crippen LogP contribution is -2.56. The molecule has 27 nitrogen and oxygen atoms in total. The Morgan fingerprint density at radius 3 is 1.99 bits per heavy atom. The molecule has 8 rings (SSSR count). The molecule has 7 heterocycles. The number of fused-ring (bicyclic) bond motifs is 7. The van der Waals surface area contributed by atoms with E-state index in [4.69, 9.17) is 63.2 Å². The van der Waals surface area contributed by atoms with E-state index in [0.29, 0.717) is 56.4 Å². The molecule has 1 aromatic carbocycles. The van der Waals surface area contributed by atoms with Crippen LogP contribution in [0.25, 0.3) is 11.0 Å². The van der Waals surface area contributed by atoms with Gasteiger partial charge in [-0.3, -0.25) is 57.6 Å². The number of nitrogens with two attached hydrogens (primary N) is 6. The summed E-state index contributed by atoms with van der Waals surface area (Å²) in [5.74, 6) is -7.18. The number of aliphatic hydroxyl groups is 2. The highest BCUT2D eigenvalue weighted by Crippen LogP contribution is 2.63. The molecule has 1 aromatic heterocycles. The third-order valence-corrected chi connectivity index (χ3v) is 21.7. The van der Waals surface area contributed by atoms with Gasteiger partial charge in [0, 0.05) is 131 Å². The van der Waals surface area contributed by atoms with Gasteiger partial charge in [0.05, 0.1) is 41.7 Å². The van der Waals surface area contributed by atoms with Crippen LogP contribution >= 0.6 is 7.82 Å². The maximum absolute atomic E-state index is 14.4. The van der Waals surface area contributed by atoms with Crippen LogP contribution in [0.2, 0.25) is 0 Å². The molecule has 2 saturated heterocycles. The van der Waals surface area contributed by atoms with E-state index in [9.17, 15) is 53.2 Å². The van der Waals surface area contributed by atoms with Crippen molar-refractivity contribution >= 4 is 77.3 Å². The highest BCUT2D eigenvalue weighted by atomic mass is 31.2. The minimum absolute atomic E-state index is 0.0114. The first kappa shape index (κ1) is 68.9. The van der Waals surface area contributed by atoms with Crippen LogP contribution in [-0.4, -0.2) is 132 Å². The summed E-state index contributed by atoms with van der Waals surface area (Å²) in [7, 11) is -5.07. The van der Waals surface area contributed by atoms with Crippen molar-refractivity contribution in [3.63, 3.8) is 0 Å². The van der Waals surface area contributed by atoms with Crippen molar-refractivity contribution in [3.05, 3.63) is 63.9 Å². The molecule has 0 saturated carbocycles. The Hall–Kier alpha value is -7.00. The standard InChI is InChI=1S/C62H90N13O14P/c1-29-20-39-40(21-30(29)2)75(28-70-39)57-52(84)53(41(27-76)87-57)89-90(85,86)88-31(3)26-69-49(83)18-19-59(8)37(22-46(66)80)56-62(11)61(10,25-48(68)82)36(14-17-45(65)79)51(74-62)33(5)55-60(9,24-47(67)81)34(12-15-43(63)77)38(71-55)23-42-58(6,7)35(13-16-44(64)78)50(72-42)32(4)54(59)73-56/h20-21,23,28,31,34-37,41,52-53,56-57,71,76,84H,12-19,22,24-27H2,1-11H3,(H2,63,77)(H2,64,78)(H2,65,79)(H2,66,80)(H2,67,81)(H2,68,82)(H,69,83)(H,85,86)/b38-23-,50-32-,55-33-. The van der Waals surface area contributed by atoms with Crippen molar-refractivity contribution < 1.29 is 67.0 Å². The van der Waals surface area contributed by atoms with Gasteiger partial charge in [0.1, 0.15) is 18.3 Å². The van der Waals surface area contributed by atoms with Crippen LogP contribution in [0.3, 0.4) is 0 Å². The number of hydrogen-bond acceptors (Lipinski definition) is 18. The van der Waals surface area contributed by atoms with Crippen LogP contribution < -0.4 is 45.0 Å². The minimum Gasteiger partial charge on any atom is -0.394 e. The zero-order valence-electron chi connectivity index (χ0n) is 53.3. The molecule has 0 radical (unpaired) electrons. The third-order valence-electron chi connectivity index (χ3n) is 20.6. The SMILES string of the molecule is C/C1=C2N=C(/C=C3\N/C(=C(/C)C4=NC(C)(C5N=C1C(C)(CCC(=O)NCC(C)OP(=O)(O)OC1C(CO)OC(n6cnc7cc(C)c(C)cc76)C1O)C5CC(N)=O)C(C)(CC(N)=O)C4CCC(N)=O)C(C)(CC(N)=O)C3CCC(N)=O)C(C)(C)C/2CCC(N)=O. The maximum atomic E-state index is 14.4. The number of imidazole rings is 1. The molecule has 7 amide bonds. The van der Waals surface area contributed by atoms with Gasteiger partial charge in [0.15, 0.2) is 6.23 Å². The minimum atomic E-state index is -5.07. The molecule has 6 aliphatic rings. The predicted octanol–water partition coefficient (Wildman–Crippen LogP) is 3.16. The van der Waals surface area contributed by atoms with Crippen LogP contribution in [0.15, 0.2) is 67.8 Å². The van der Waals surface area contributed by atoms with E-state index < -0.39 is 143 Å². The molecule has 28 heteroatoms. The van der Waals surface area contributed by atoms with Gasteiger partial charge in [-0.05, 0) is 108 Å². The molecule has 17 N–H and O–H groups in total. The highest BCUT2D eigenvalue weighted by Gasteiger charge is 2.66. The first-order valence-electron chi connectivity index (χ1n) is 30.6. The van der Waals surface area contributed by atoms with Gasteiger partial charge >= 0.3 is 7.82 Å². The topological polar surface area (TPSA) is 460 Å². The number of aliphatic imine (C=N–C) groups is 3. The van der Waals surface area contributed by atoms with Gasteiger partial charge in [-0.2, -0.15) is 0 Å². The molecule has 2 fully saturated rings. The van der Waals surface area contributed by atoms with E-state index in [-0.39, 0.29) is 77.2 Å². The number of amides is 7. The maximum Gasteiger partial charge on any atom is 0.472 e. The van der Waals surface area contributed by atoms with E-state index >= 15 is 0 Å². The van der Waals surface area contributed by atoms with E-state index in [2.05, 4.69) is 15.6 Å². The fraction of sp³-hybridized carbons (Fsp3) is 0.629. The van der Waals surface area contributed by atoms with E-state index in [0.717, 1.165) is 11.1 Å². The molecule has 90 heavy (non-hydrogen) atoms. The highest BCUT2D eigenvalue weighted by molar-refractivity contribution is 7.47. The summed E-state index contributed by atoms with van der Waals surface area (Å²) >= 11 is 0. The number of nitrogens with one attached hydrogen (secondary N) is 2. The number of ether oxygens (including phenoxy) is 1. The molecule has 6 aliphatic heterocycles. The first-order chi connectivity index (χ1) is 41.8. The van der Waals surface area contributed by atoms with Crippen molar-refractivity contribution in [3.8, 4) is 0 Å². The number of hydrogen-bond donors (Lipinski definition) is 11. The fourth-order valence-electron chi connectivity index (χ4n) is 15.4. The summed E-state index contributed by atoms with van der Waals surface area (Å²) < 4.78 is 32.3. The van der Waals surface area contributed by atoms with E-state index in [1.807, 2.05) is 87.4 Å². The number of carbonyl (C=O) groups is 7. The number of primary amides is 6. The number of rotatable bonds is 26. The Kier molecular flexibility index (Phi) is 19.6. The lowest BCUT2D eigenvalue weighted by molar-refractivity contribution is -0.124. The Bertz CT molecular complexity index is 3540. The number of aromatic nitrogens is 2. The number of benzene rings is 1. The summed E-state index contributed by atoms with van der Waals surface area (Å²) in [5, 5.41) is 28.2. The molecular weight excluding hydrogens is 1180 g/mol. The Morgan fingerprint density at radius 1 is 0.800 bits per heavy atom. The number of allylic oxidation sites excluding steroid dienone is 6. The van der Waals surface area contributed by atoms with Crippen molar-refractivity contribution in [2.45, 2.75) is 189 Å². The number of phosphoric ester groups is 1. The molecule has 8 bridgehead atoms. The molecule has 15 unspecified atom stereocenters. The summed E-state index contributed by atoms with van der Waals surface area (Å²) in [5.41, 5.74) is 37.4. The van der Waals surface area contributed by atoms with Crippen molar-refractivity contribution in [2.24, 2.45) is 94.7 Å². The number of nitrogens with zero attached hydrogens (tertiary/aromatic N) is 5.